The van der Waals surface area contributed by atoms with E-state index >= 15 is 0 Å². The number of carbonyl (C=O) groups is 1. The number of rotatable bonds is 4. The lowest BCUT2D eigenvalue weighted by molar-refractivity contribution is -0.120. The fourth-order valence-corrected chi connectivity index (χ4v) is 4.64. The Morgan fingerprint density at radius 2 is 1.92 bits per heavy atom. The van der Waals surface area contributed by atoms with Gasteiger partial charge in [-0.05, 0) is 43.2 Å². The third-order valence-electron chi connectivity index (χ3n) is 3.93. The second kappa shape index (κ2) is 8.06. The molecule has 0 saturated heterocycles. The van der Waals surface area contributed by atoms with E-state index in [9.17, 15) is 9.18 Å². The predicted octanol–water partition coefficient (Wildman–Crippen LogP) is 5.06. The molecule has 0 saturated carbocycles. The molecule has 0 unspecified atom stereocenters. The van der Waals surface area contributed by atoms with Gasteiger partial charge in [-0.2, -0.15) is 0 Å². The number of nitrogens with one attached hydrogen (secondary N) is 1. The lowest BCUT2D eigenvalue weighted by Gasteiger charge is -2.19. The summed E-state index contributed by atoms with van der Waals surface area (Å²) in [5, 5.41) is 2.73. The van der Waals surface area contributed by atoms with Crippen molar-refractivity contribution < 1.29 is 9.18 Å². The average Bonchev–Trinajstić information content (AvgIpc) is 2.62. The Bertz CT molecular complexity index is 792. The minimum atomic E-state index is -0.279. The molecule has 3 rings (SSSR count). The SMILES string of the molecule is C[C@H](NC(=O)[C@@H](C)SC1=Nc2ccccc2CS1)c1ccc(F)cc1. The molecule has 1 amide bonds. The van der Waals surface area contributed by atoms with Crippen LogP contribution in [0.1, 0.15) is 31.0 Å². The fraction of sp³-hybridized carbons (Fsp3) is 0.263. The van der Waals surface area contributed by atoms with Crippen LogP contribution in [0.4, 0.5) is 10.1 Å². The fourth-order valence-electron chi connectivity index (χ4n) is 2.44. The molecule has 130 valence electrons. The normalized spacial score (nSPS) is 15.7. The standard InChI is InChI=1S/C19H19FN2OS2/c1-12(14-7-9-16(20)10-8-14)21-18(23)13(2)25-19-22-17-6-4-3-5-15(17)11-24-19/h3-10,12-13H,11H2,1-2H3,(H,21,23)/t12-,13+/m0/s1. The van der Waals surface area contributed by atoms with Crippen molar-refractivity contribution >= 4 is 39.5 Å². The number of para-hydroxylation sites is 1. The minimum Gasteiger partial charge on any atom is -0.349 e. The molecule has 1 N–H and O–H groups in total. The van der Waals surface area contributed by atoms with Crippen molar-refractivity contribution in [3.8, 4) is 0 Å². The van der Waals surface area contributed by atoms with Crippen molar-refractivity contribution in [1.29, 1.82) is 0 Å². The van der Waals surface area contributed by atoms with Gasteiger partial charge in [0.1, 0.15) is 10.2 Å². The molecule has 1 aliphatic heterocycles. The van der Waals surface area contributed by atoms with Crippen LogP contribution in [-0.4, -0.2) is 15.5 Å². The lowest BCUT2D eigenvalue weighted by Crippen LogP contribution is -2.33. The molecule has 0 aliphatic carbocycles. The van der Waals surface area contributed by atoms with Gasteiger partial charge in [0.25, 0.3) is 0 Å². The van der Waals surface area contributed by atoms with Gasteiger partial charge in [0, 0.05) is 5.75 Å². The Morgan fingerprint density at radius 3 is 2.68 bits per heavy atom. The van der Waals surface area contributed by atoms with Gasteiger partial charge < -0.3 is 5.32 Å². The van der Waals surface area contributed by atoms with E-state index in [0.717, 1.165) is 21.4 Å². The number of nitrogens with zero attached hydrogens (tertiary/aromatic N) is 1. The second-order valence-electron chi connectivity index (χ2n) is 5.84. The van der Waals surface area contributed by atoms with E-state index in [4.69, 9.17) is 0 Å². The summed E-state index contributed by atoms with van der Waals surface area (Å²) in [5.74, 6) is 0.547. The van der Waals surface area contributed by atoms with Crippen LogP contribution < -0.4 is 5.32 Å². The highest BCUT2D eigenvalue weighted by atomic mass is 32.2. The second-order valence-corrected chi connectivity index (χ2v) is 8.39. The number of aliphatic imine (C=N–C) groups is 1. The van der Waals surface area contributed by atoms with Crippen molar-refractivity contribution in [2.45, 2.75) is 30.9 Å². The quantitative estimate of drug-likeness (QED) is 0.813. The van der Waals surface area contributed by atoms with E-state index in [2.05, 4.69) is 16.4 Å². The summed E-state index contributed by atoms with van der Waals surface area (Å²) in [5.41, 5.74) is 3.08. The first kappa shape index (κ1) is 18.0. The zero-order chi connectivity index (χ0) is 17.8. The summed E-state index contributed by atoms with van der Waals surface area (Å²) in [4.78, 5) is 17.1. The molecule has 6 heteroatoms. The van der Waals surface area contributed by atoms with Gasteiger partial charge in [0.15, 0.2) is 0 Å². The molecule has 1 aliphatic rings. The zero-order valence-corrected chi connectivity index (χ0v) is 15.7. The third kappa shape index (κ3) is 4.64. The van der Waals surface area contributed by atoms with Gasteiger partial charge >= 0.3 is 0 Å². The first-order valence-corrected chi connectivity index (χ1v) is 9.91. The molecule has 3 nitrogen and oxygen atoms in total. The van der Waals surface area contributed by atoms with Crippen molar-refractivity contribution in [2.24, 2.45) is 4.99 Å². The van der Waals surface area contributed by atoms with Crippen molar-refractivity contribution in [2.75, 3.05) is 0 Å². The molecule has 1 heterocycles. The molecule has 0 fully saturated rings. The Labute approximate surface area is 155 Å². The van der Waals surface area contributed by atoms with Gasteiger partial charge in [0.05, 0.1) is 17.0 Å². The molecular weight excluding hydrogens is 355 g/mol. The van der Waals surface area contributed by atoms with Crippen LogP contribution >= 0.6 is 23.5 Å². The predicted molar refractivity (Wildman–Crippen MR) is 105 cm³/mol. The first-order valence-electron chi connectivity index (χ1n) is 8.05. The first-order chi connectivity index (χ1) is 12.0. The Hall–Kier alpha value is -1.79. The number of halogens is 1. The molecular formula is C19H19FN2OS2. The van der Waals surface area contributed by atoms with Gasteiger partial charge in [0.2, 0.25) is 5.91 Å². The summed E-state index contributed by atoms with van der Waals surface area (Å²) in [7, 11) is 0. The monoisotopic (exact) mass is 374 g/mol. The van der Waals surface area contributed by atoms with Crippen molar-refractivity contribution in [1.82, 2.24) is 5.32 Å². The molecule has 0 aromatic heterocycles. The molecule has 2 atom stereocenters. The Balaban J connectivity index is 1.59. The molecule has 0 radical (unpaired) electrons. The number of hydrogen-bond donors (Lipinski definition) is 1. The molecule has 0 bridgehead atoms. The largest absolute Gasteiger partial charge is 0.349 e. The minimum absolute atomic E-state index is 0.0519. The van der Waals surface area contributed by atoms with Crippen LogP contribution in [0.3, 0.4) is 0 Å². The van der Waals surface area contributed by atoms with Gasteiger partial charge in [-0.25, -0.2) is 9.38 Å². The Kier molecular flexibility index (Phi) is 5.81. The van der Waals surface area contributed by atoms with E-state index < -0.39 is 0 Å². The van der Waals surface area contributed by atoms with Crippen molar-refractivity contribution in [3.63, 3.8) is 0 Å². The summed E-state index contributed by atoms with van der Waals surface area (Å²) in [6.45, 7) is 3.77. The number of amides is 1. The van der Waals surface area contributed by atoms with E-state index in [1.54, 1.807) is 23.9 Å². The maximum absolute atomic E-state index is 13.0. The zero-order valence-electron chi connectivity index (χ0n) is 14.0. The van der Waals surface area contributed by atoms with E-state index in [-0.39, 0.29) is 23.0 Å². The van der Waals surface area contributed by atoms with Gasteiger partial charge in [-0.15, -0.1) is 0 Å². The molecule has 2 aromatic rings. The highest BCUT2D eigenvalue weighted by Crippen LogP contribution is 2.35. The number of benzene rings is 2. The van der Waals surface area contributed by atoms with Crippen LogP contribution in [0, 0.1) is 5.82 Å². The van der Waals surface area contributed by atoms with E-state index in [0.29, 0.717) is 0 Å². The highest BCUT2D eigenvalue weighted by molar-refractivity contribution is 8.39. The number of fused-ring (bicyclic) bond motifs is 1. The van der Waals surface area contributed by atoms with Crippen LogP contribution in [0.2, 0.25) is 0 Å². The van der Waals surface area contributed by atoms with Crippen LogP contribution in [0.5, 0.6) is 0 Å². The summed E-state index contributed by atoms with van der Waals surface area (Å²) in [6, 6.07) is 14.1. The maximum atomic E-state index is 13.0. The van der Waals surface area contributed by atoms with E-state index in [1.807, 2.05) is 32.0 Å². The van der Waals surface area contributed by atoms with Gasteiger partial charge in [-0.1, -0.05) is 53.9 Å². The summed E-state index contributed by atoms with van der Waals surface area (Å²) >= 11 is 3.13. The van der Waals surface area contributed by atoms with Gasteiger partial charge in [-0.3, -0.25) is 4.79 Å². The topological polar surface area (TPSA) is 41.5 Å². The number of thioether (sulfide) groups is 2. The summed E-state index contributed by atoms with van der Waals surface area (Å²) < 4.78 is 13.9. The van der Waals surface area contributed by atoms with Crippen LogP contribution in [0.25, 0.3) is 0 Å². The maximum Gasteiger partial charge on any atom is 0.233 e. The number of hydrogen-bond acceptors (Lipinski definition) is 4. The van der Waals surface area contributed by atoms with E-state index in [1.165, 1.54) is 29.5 Å². The van der Waals surface area contributed by atoms with Crippen LogP contribution in [-0.2, 0) is 10.5 Å². The summed E-state index contributed by atoms with van der Waals surface area (Å²) in [6.07, 6.45) is 0. The lowest BCUT2D eigenvalue weighted by atomic mass is 10.1. The average molecular weight is 375 g/mol. The van der Waals surface area contributed by atoms with Crippen LogP contribution in [0.15, 0.2) is 53.5 Å². The molecule has 0 spiro atoms. The van der Waals surface area contributed by atoms with Crippen molar-refractivity contribution in [3.05, 3.63) is 65.5 Å². The molecule has 2 aromatic carbocycles. The highest BCUT2D eigenvalue weighted by Gasteiger charge is 2.21. The smallest absolute Gasteiger partial charge is 0.233 e. The Morgan fingerprint density at radius 1 is 1.20 bits per heavy atom. The molecule has 25 heavy (non-hydrogen) atoms. The third-order valence-corrected chi connectivity index (χ3v) is 6.23. The number of carbonyl (C=O) groups excluding carboxylic acids is 1.